The van der Waals surface area contributed by atoms with E-state index in [4.69, 9.17) is 5.11 Å². The maximum Gasteiger partial charge on any atom is 0.229 e. The van der Waals surface area contributed by atoms with Crippen LogP contribution in [0.1, 0.15) is 27.2 Å². The van der Waals surface area contributed by atoms with Gasteiger partial charge in [0.1, 0.15) is 5.78 Å². The highest BCUT2D eigenvalue weighted by molar-refractivity contribution is 6.00. The first-order valence-electron chi connectivity index (χ1n) is 4.67. The molecule has 0 rings (SSSR count). The highest BCUT2D eigenvalue weighted by atomic mass is 16.3. The molecule has 0 aliphatic heterocycles. The van der Waals surface area contributed by atoms with Gasteiger partial charge in [-0.25, -0.2) is 0 Å². The molecule has 4 nitrogen and oxygen atoms in total. The normalized spacial score (nSPS) is 11.2. The minimum absolute atomic E-state index is 0.0766. The van der Waals surface area contributed by atoms with Crippen molar-refractivity contribution >= 4 is 11.7 Å². The first kappa shape index (κ1) is 13.1. The van der Waals surface area contributed by atoms with Crippen molar-refractivity contribution in [3.8, 4) is 0 Å². The molecule has 0 spiro atoms. The monoisotopic (exact) mass is 201 g/mol. The second kappa shape index (κ2) is 5.10. The van der Waals surface area contributed by atoms with Crippen LogP contribution in [0.5, 0.6) is 0 Å². The molecule has 0 aromatic carbocycles. The Labute approximate surface area is 84.9 Å². The lowest BCUT2D eigenvalue weighted by Gasteiger charge is -2.19. The van der Waals surface area contributed by atoms with Crippen LogP contribution in [0.2, 0.25) is 0 Å². The predicted octanol–water partition coefficient (Wildman–Crippen LogP) is 0.442. The van der Waals surface area contributed by atoms with Gasteiger partial charge in [0.25, 0.3) is 0 Å². The molecule has 82 valence electrons. The van der Waals surface area contributed by atoms with E-state index in [1.807, 2.05) is 0 Å². The molecule has 0 radical (unpaired) electrons. The van der Waals surface area contributed by atoms with Crippen molar-refractivity contribution in [3.05, 3.63) is 0 Å². The summed E-state index contributed by atoms with van der Waals surface area (Å²) in [6, 6.07) is 0. The van der Waals surface area contributed by atoms with Crippen LogP contribution >= 0.6 is 0 Å². The Hall–Kier alpha value is -0.900. The molecule has 0 aliphatic rings. The Balaban J connectivity index is 4.13. The van der Waals surface area contributed by atoms with Crippen LogP contribution in [0, 0.1) is 5.41 Å². The van der Waals surface area contributed by atoms with Crippen molar-refractivity contribution in [2.24, 2.45) is 5.41 Å². The summed E-state index contributed by atoms with van der Waals surface area (Å²) < 4.78 is 0. The van der Waals surface area contributed by atoms with E-state index >= 15 is 0 Å². The van der Waals surface area contributed by atoms with E-state index in [2.05, 4.69) is 0 Å². The van der Waals surface area contributed by atoms with Crippen molar-refractivity contribution in [1.29, 1.82) is 0 Å². The van der Waals surface area contributed by atoms with Crippen molar-refractivity contribution < 1.29 is 14.7 Å². The summed E-state index contributed by atoms with van der Waals surface area (Å²) in [6.07, 6.45) is -0.0833. The number of hydrogen-bond donors (Lipinski definition) is 1. The zero-order valence-corrected chi connectivity index (χ0v) is 9.33. The van der Waals surface area contributed by atoms with E-state index in [0.29, 0.717) is 0 Å². The number of ketones is 1. The van der Waals surface area contributed by atoms with Gasteiger partial charge in [-0.3, -0.25) is 9.59 Å². The van der Waals surface area contributed by atoms with Crippen LogP contribution in [0.15, 0.2) is 0 Å². The fourth-order valence-electron chi connectivity index (χ4n) is 0.812. The van der Waals surface area contributed by atoms with Gasteiger partial charge >= 0.3 is 0 Å². The number of nitrogens with zero attached hydrogens (tertiary/aromatic N) is 1. The SMILES string of the molecule is CN(CCO)C(=O)CC(=O)C(C)(C)C. The van der Waals surface area contributed by atoms with Crippen molar-refractivity contribution in [3.63, 3.8) is 0 Å². The van der Waals surface area contributed by atoms with Crippen LogP contribution in [0.3, 0.4) is 0 Å². The minimum Gasteiger partial charge on any atom is -0.395 e. The molecule has 14 heavy (non-hydrogen) atoms. The smallest absolute Gasteiger partial charge is 0.229 e. The Morgan fingerprint density at radius 2 is 1.79 bits per heavy atom. The number of rotatable bonds is 4. The molecule has 4 heteroatoms. The van der Waals surface area contributed by atoms with Crippen LogP contribution in [-0.2, 0) is 9.59 Å². The second-order valence-corrected chi connectivity index (χ2v) is 4.39. The highest BCUT2D eigenvalue weighted by Crippen LogP contribution is 2.16. The molecule has 0 aliphatic carbocycles. The quantitative estimate of drug-likeness (QED) is 0.671. The van der Waals surface area contributed by atoms with Gasteiger partial charge in [0.05, 0.1) is 13.0 Å². The maximum atomic E-state index is 11.5. The largest absolute Gasteiger partial charge is 0.395 e. The Morgan fingerprint density at radius 1 is 1.29 bits per heavy atom. The number of carbonyl (C=O) groups is 2. The fourth-order valence-corrected chi connectivity index (χ4v) is 0.812. The Morgan fingerprint density at radius 3 is 2.14 bits per heavy atom. The summed E-state index contributed by atoms with van der Waals surface area (Å²) >= 11 is 0. The summed E-state index contributed by atoms with van der Waals surface area (Å²) in [5, 5.41) is 8.60. The maximum absolute atomic E-state index is 11.5. The van der Waals surface area contributed by atoms with Crippen molar-refractivity contribution in [1.82, 2.24) is 4.90 Å². The summed E-state index contributed by atoms with van der Waals surface area (Å²) in [7, 11) is 1.58. The summed E-state index contributed by atoms with van der Waals surface area (Å²) in [6.45, 7) is 5.56. The van der Waals surface area contributed by atoms with E-state index in [-0.39, 0.29) is 31.3 Å². The molecule has 1 amide bonds. The van der Waals surface area contributed by atoms with Gasteiger partial charge < -0.3 is 10.0 Å². The Kier molecular flexibility index (Phi) is 4.77. The zero-order valence-electron chi connectivity index (χ0n) is 9.33. The summed E-state index contributed by atoms with van der Waals surface area (Å²) in [4.78, 5) is 24.2. The molecule has 0 aromatic rings. The Bertz CT molecular complexity index is 218. The molecule has 0 bridgehead atoms. The van der Waals surface area contributed by atoms with E-state index in [1.54, 1.807) is 27.8 Å². The zero-order chi connectivity index (χ0) is 11.4. The lowest BCUT2D eigenvalue weighted by Crippen LogP contribution is -2.33. The van der Waals surface area contributed by atoms with Gasteiger partial charge in [-0.05, 0) is 0 Å². The van der Waals surface area contributed by atoms with Gasteiger partial charge in [-0.1, -0.05) is 20.8 Å². The molecular weight excluding hydrogens is 182 g/mol. The minimum atomic E-state index is -0.476. The van der Waals surface area contributed by atoms with E-state index in [1.165, 1.54) is 4.90 Å². The molecule has 0 aromatic heterocycles. The number of hydrogen-bond acceptors (Lipinski definition) is 3. The van der Waals surface area contributed by atoms with Gasteiger partial charge in [0.15, 0.2) is 0 Å². The third kappa shape index (κ3) is 4.37. The van der Waals surface area contributed by atoms with Gasteiger partial charge in [-0.15, -0.1) is 0 Å². The van der Waals surface area contributed by atoms with E-state index in [9.17, 15) is 9.59 Å². The van der Waals surface area contributed by atoms with Crippen LogP contribution in [-0.4, -0.2) is 41.9 Å². The second-order valence-electron chi connectivity index (χ2n) is 4.39. The molecule has 0 saturated carbocycles. The number of likely N-dealkylation sites (N-methyl/N-ethyl adjacent to an activating group) is 1. The van der Waals surface area contributed by atoms with Crippen molar-refractivity contribution in [2.75, 3.05) is 20.2 Å². The van der Waals surface area contributed by atoms with Crippen LogP contribution in [0.25, 0.3) is 0 Å². The number of amides is 1. The van der Waals surface area contributed by atoms with Crippen LogP contribution < -0.4 is 0 Å². The number of aliphatic hydroxyl groups is 1. The average molecular weight is 201 g/mol. The van der Waals surface area contributed by atoms with E-state index < -0.39 is 5.41 Å². The predicted molar refractivity (Wildman–Crippen MR) is 53.8 cm³/mol. The molecule has 0 atom stereocenters. The molecule has 0 heterocycles. The summed E-state index contributed by atoms with van der Waals surface area (Å²) in [5.74, 6) is -0.314. The highest BCUT2D eigenvalue weighted by Gasteiger charge is 2.24. The fraction of sp³-hybridized carbons (Fsp3) is 0.800. The van der Waals surface area contributed by atoms with E-state index in [0.717, 1.165) is 0 Å². The number of Topliss-reactive ketones (excluding diaryl/α,β-unsaturated/α-hetero) is 1. The van der Waals surface area contributed by atoms with Gasteiger partial charge in [-0.2, -0.15) is 0 Å². The third-order valence-corrected chi connectivity index (χ3v) is 2.01. The number of aliphatic hydroxyl groups excluding tert-OH is 1. The third-order valence-electron chi connectivity index (χ3n) is 2.01. The average Bonchev–Trinajstić information content (AvgIpc) is 2.02. The topological polar surface area (TPSA) is 57.6 Å². The molecule has 0 saturated heterocycles. The standard InChI is InChI=1S/C10H19NO3/c1-10(2,3)8(13)7-9(14)11(4)5-6-12/h12H,5-7H2,1-4H3. The summed E-state index contributed by atoms with van der Waals surface area (Å²) in [5.41, 5.74) is -0.476. The lowest BCUT2D eigenvalue weighted by molar-refractivity contribution is -0.137. The molecule has 1 N–H and O–H groups in total. The molecule has 0 fully saturated rings. The van der Waals surface area contributed by atoms with Crippen LogP contribution in [0.4, 0.5) is 0 Å². The lowest BCUT2D eigenvalue weighted by atomic mass is 9.89. The van der Waals surface area contributed by atoms with Gasteiger partial charge in [0, 0.05) is 19.0 Å². The van der Waals surface area contributed by atoms with Gasteiger partial charge in [0.2, 0.25) is 5.91 Å². The first-order chi connectivity index (χ1) is 6.29. The molecular formula is C10H19NO3. The number of carbonyl (C=O) groups excluding carboxylic acids is 2. The molecule has 0 unspecified atom stereocenters. The first-order valence-corrected chi connectivity index (χ1v) is 4.67. The van der Waals surface area contributed by atoms with Crippen molar-refractivity contribution in [2.45, 2.75) is 27.2 Å².